The summed E-state index contributed by atoms with van der Waals surface area (Å²) in [6.45, 7) is 1.94. The van der Waals surface area contributed by atoms with Crippen LogP contribution in [0.1, 0.15) is 32.6 Å². The standard InChI is InChI=1S/C22H23FN4O2/c1-22-5-2-3-15(27-22)9-19(21(22)23)29-20-12-25-17(11-26-20)16-7-13-4-6-24-10-14(13)8-18(16)28/h4,6-8,10-12,15,19,21,27-28H,2-3,5,9H2,1H3/t15?,19-,21+,22+/m1/s1. The highest BCUT2D eigenvalue weighted by Crippen LogP contribution is 2.37. The zero-order valence-electron chi connectivity index (χ0n) is 16.2. The van der Waals surface area contributed by atoms with E-state index in [1.165, 1.54) is 6.20 Å². The number of alkyl halides is 1. The van der Waals surface area contributed by atoms with Gasteiger partial charge in [0, 0.05) is 35.8 Å². The minimum absolute atomic E-state index is 0.108. The summed E-state index contributed by atoms with van der Waals surface area (Å²) in [4.78, 5) is 12.8. The fraction of sp³-hybridized carbons (Fsp3) is 0.409. The van der Waals surface area contributed by atoms with Gasteiger partial charge in [-0.1, -0.05) is 0 Å². The third-order valence-corrected chi connectivity index (χ3v) is 6.17. The molecule has 2 fully saturated rings. The summed E-state index contributed by atoms with van der Waals surface area (Å²) in [6, 6.07) is 5.66. The topological polar surface area (TPSA) is 80.2 Å². The predicted octanol–water partition coefficient (Wildman–Crippen LogP) is 3.79. The molecule has 0 amide bonds. The van der Waals surface area contributed by atoms with Crippen LogP contribution in [0.25, 0.3) is 22.0 Å². The normalized spacial score (nSPS) is 29.0. The van der Waals surface area contributed by atoms with Crippen molar-refractivity contribution < 1.29 is 14.2 Å². The van der Waals surface area contributed by atoms with Crippen molar-refractivity contribution in [3.05, 3.63) is 43.0 Å². The number of hydrogen-bond donors (Lipinski definition) is 2. The number of fused-ring (bicyclic) bond motifs is 3. The number of benzene rings is 1. The Morgan fingerprint density at radius 3 is 2.93 bits per heavy atom. The Balaban J connectivity index is 1.38. The van der Waals surface area contributed by atoms with E-state index >= 15 is 4.39 Å². The summed E-state index contributed by atoms with van der Waals surface area (Å²) in [5.74, 6) is 0.408. The van der Waals surface area contributed by atoms with E-state index in [4.69, 9.17) is 4.74 Å². The summed E-state index contributed by atoms with van der Waals surface area (Å²) in [5, 5.41) is 15.6. The first-order valence-electron chi connectivity index (χ1n) is 9.99. The van der Waals surface area contributed by atoms with E-state index in [2.05, 4.69) is 20.3 Å². The third kappa shape index (κ3) is 3.29. The number of phenols is 1. The summed E-state index contributed by atoms with van der Waals surface area (Å²) in [7, 11) is 0. The van der Waals surface area contributed by atoms with Crippen LogP contribution in [-0.4, -0.2) is 43.9 Å². The summed E-state index contributed by atoms with van der Waals surface area (Å²) in [5.41, 5.74) is 0.569. The number of pyridine rings is 1. The molecule has 4 heterocycles. The molecule has 0 spiro atoms. The number of ether oxygens (including phenoxy) is 1. The van der Waals surface area contributed by atoms with E-state index in [0.29, 0.717) is 23.6 Å². The summed E-state index contributed by atoms with van der Waals surface area (Å²) in [6.07, 6.45) is 8.34. The molecule has 7 heteroatoms. The van der Waals surface area contributed by atoms with Gasteiger partial charge in [-0.05, 0) is 49.8 Å². The van der Waals surface area contributed by atoms with Gasteiger partial charge in [-0.2, -0.15) is 0 Å². The molecule has 1 aromatic carbocycles. The molecular formula is C22H23FN4O2. The van der Waals surface area contributed by atoms with Gasteiger partial charge >= 0.3 is 0 Å². The fourth-order valence-corrected chi connectivity index (χ4v) is 4.64. The molecule has 2 aromatic heterocycles. The van der Waals surface area contributed by atoms with Gasteiger partial charge in [-0.25, -0.2) is 14.4 Å². The molecule has 1 unspecified atom stereocenters. The predicted molar refractivity (Wildman–Crippen MR) is 108 cm³/mol. The van der Waals surface area contributed by atoms with Gasteiger partial charge < -0.3 is 15.2 Å². The Kier molecular flexibility index (Phi) is 4.35. The van der Waals surface area contributed by atoms with Crippen LogP contribution in [0.5, 0.6) is 11.6 Å². The first-order valence-corrected chi connectivity index (χ1v) is 9.99. The second-order valence-electron chi connectivity index (χ2n) is 8.28. The SMILES string of the molecule is C[C@]12CCCC(C[C@@H](Oc3cnc(-c4cc5ccncc5cc4O)cn3)[C@@H]1F)N2. The number of piperidine rings is 2. The Bertz CT molecular complexity index is 1040. The van der Waals surface area contributed by atoms with Crippen LogP contribution >= 0.6 is 0 Å². The first-order chi connectivity index (χ1) is 14.0. The largest absolute Gasteiger partial charge is 0.507 e. The number of rotatable bonds is 3. The van der Waals surface area contributed by atoms with Gasteiger partial charge in [0.1, 0.15) is 11.9 Å². The van der Waals surface area contributed by atoms with E-state index in [1.54, 1.807) is 24.7 Å². The van der Waals surface area contributed by atoms with E-state index < -0.39 is 17.8 Å². The Hall–Kier alpha value is -2.80. The number of phenolic OH excluding ortho intramolecular Hbond substituents is 1. The quantitative estimate of drug-likeness (QED) is 0.704. The van der Waals surface area contributed by atoms with E-state index in [1.807, 2.05) is 19.1 Å². The average Bonchev–Trinajstić information content (AvgIpc) is 2.72. The molecule has 0 aliphatic carbocycles. The van der Waals surface area contributed by atoms with E-state index in [9.17, 15) is 5.11 Å². The van der Waals surface area contributed by atoms with Crippen LogP contribution in [0.4, 0.5) is 4.39 Å². The lowest BCUT2D eigenvalue weighted by molar-refractivity contribution is -0.0347. The smallest absolute Gasteiger partial charge is 0.232 e. The molecule has 0 saturated carbocycles. The van der Waals surface area contributed by atoms with Gasteiger partial charge in [0.2, 0.25) is 5.88 Å². The fourth-order valence-electron chi connectivity index (χ4n) is 4.64. The number of nitrogens with zero attached hydrogens (tertiary/aromatic N) is 3. The second-order valence-corrected chi connectivity index (χ2v) is 8.28. The van der Waals surface area contributed by atoms with Crippen LogP contribution in [0.3, 0.4) is 0 Å². The van der Waals surface area contributed by atoms with E-state index in [0.717, 1.165) is 30.0 Å². The number of hydrogen-bond acceptors (Lipinski definition) is 6. The highest BCUT2D eigenvalue weighted by atomic mass is 19.1. The molecule has 4 atom stereocenters. The lowest BCUT2D eigenvalue weighted by Crippen LogP contribution is -2.66. The van der Waals surface area contributed by atoms with Crippen molar-refractivity contribution >= 4 is 10.8 Å². The molecule has 29 heavy (non-hydrogen) atoms. The zero-order valence-corrected chi connectivity index (χ0v) is 16.2. The lowest BCUT2D eigenvalue weighted by atomic mass is 9.75. The minimum Gasteiger partial charge on any atom is -0.507 e. The van der Waals surface area contributed by atoms with Crippen LogP contribution in [0.15, 0.2) is 43.0 Å². The van der Waals surface area contributed by atoms with Crippen molar-refractivity contribution in [1.82, 2.24) is 20.3 Å². The van der Waals surface area contributed by atoms with Crippen molar-refractivity contribution in [2.24, 2.45) is 0 Å². The maximum Gasteiger partial charge on any atom is 0.232 e. The molecular weight excluding hydrogens is 371 g/mol. The summed E-state index contributed by atoms with van der Waals surface area (Å²) < 4.78 is 21.0. The first kappa shape index (κ1) is 18.2. The van der Waals surface area contributed by atoms with Crippen molar-refractivity contribution in [2.75, 3.05) is 0 Å². The highest BCUT2D eigenvalue weighted by Gasteiger charge is 2.49. The van der Waals surface area contributed by atoms with Crippen LogP contribution in [-0.2, 0) is 0 Å². The van der Waals surface area contributed by atoms with Crippen molar-refractivity contribution in [1.29, 1.82) is 0 Å². The molecule has 150 valence electrons. The van der Waals surface area contributed by atoms with Crippen LogP contribution in [0, 0.1) is 0 Å². The van der Waals surface area contributed by atoms with Gasteiger partial charge in [0.25, 0.3) is 0 Å². The maximum atomic E-state index is 15.1. The average molecular weight is 394 g/mol. The van der Waals surface area contributed by atoms with Gasteiger partial charge in [-0.3, -0.25) is 4.98 Å². The van der Waals surface area contributed by atoms with Crippen LogP contribution in [0.2, 0.25) is 0 Å². The molecule has 3 aromatic rings. The molecule has 2 saturated heterocycles. The Labute approximate surface area is 168 Å². The highest BCUT2D eigenvalue weighted by molar-refractivity contribution is 5.89. The number of aromatic hydroxyl groups is 1. The Morgan fingerprint density at radius 2 is 2.10 bits per heavy atom. The van der Waals surface area contributed by atoms with Gasteiger partial charge in [-0.15, -0.1) is 0 Å². The Morgan fingerprint density at radius 1 is 1.21 bits per heavy atom. The molecule has 5 rings (SSSR count). The van der Waals surface area contributed by atoms with Crippen LogP contribution < -0.4 is 10.1 Å². The minimum atomic E-state index is -1.10. The summed E-state index contributed by atoms with van der Waals surface area (Å²) >= 11 is 0. The van der Waals surface area contributed by atoms with Crippen molar-refractivity contribution in [2.45, 2.75) is 56.5 Å². The monoisotopic (exact) mass is 394 g/mol. The number of aromatic nitrogens is 3. The molecule has 2 aliphatic heterocycles. The van der Waals surface area contributed by atoms with E-state index in [-0.39, 0.29) is 11.8 Å². The maximum absolute atomic E-state index is 15.1. The molecule has 2 N–H and O–H groups in total. The molecule has 2 bridgehead atoms. The van der Waals surface area contributed by atoms with Gasteiger partial charge in [0.05, 0.1) is 23.6 Å². The number of halogens is 1. The molecule has 6 nitrogen and oxygen atoms in total. The molecule has 2 aliphatic rings. The second kappa shape index (κ2) is 6.91. The van der Waals surface area contributed by atoms with Gasteiger partial charge in [0.15, 0.2) is 6.17 Å². The lowest BCUT2D eigenvalue weighted by Gasteiger charge is -2.49. The third-order valence-electron chi connectivity index (χ3n) is 6.17. The van der Waals surface area contributed by atoms with Crippen molar-refractivity contribution in [3.63, 3.8) is 0 Å². The van der Waals surface area contributed by atoms with Crippen molar-refractivity contribution in [3.8, 4) is 22.9 Å². The zero-order chi connectivity index (χ0) is 20.0. The number of nitrogens with one attached hydrogen (secondary N) is 1. The molecule has 0 radical (unpaired) electrons.